The second-order valence-electron chi connectivity index (χ2n) is 4.61. The first kappa shape index (κ1) is 15.4. The molecule has 0 bridgehead atoms. The summed E-state index contributed by atoms with van der Waals surface area (Å²) in [5, 5.41) is 0. The molecule has 112 valence electrons. The topological polar surface area (TPSA) is 44.8 Å². The van der Waals surface area contributed by atoms with Gasteiger partial charge in [0, 0.05) is 10.4 Å². The molecule has 0 radical (unpaired) electrons. The van der Waals surface area contributed by atoms with Crippen LogP contribution in [0.4, 0.5) is 0 Å². The highest BCUT2D eigenvalue weighted by Gasteiger charge is 2.20. The largest absolute Gasteiger partial charge is 0.493 e. The zero-order chi connectivity index (χ0) is 15.6. The Morgan fingerprint density at radius 2 is 1.52 bits per heavy atom. The van der Waals surface area contributed by atoms with Crippen molar-refractivity contribution in [3.8, 4) is 17.2 Å². The van der Waals surface area contributed by atoms with Crippen molar-refractivity contribution < 1.29 is 19.0 Å². The third-order valence-corrected chi connectivity index (χ3v) is 4.33. The Kier molecular flexibility index (Phi) is 4.53. The summed E-state index contributed by atoms with van der Waals surface area (Å²) in [6.07, 6.45) is 0. The second kappa shape index (κ2) is 6.18. The monoisotopic (exact) mass is 306 g/mol. The van der Waals surface area contributed by atoms with Gasteiger partial charge in [-0.05, 0) is 37.6 Å². The van der Waals surface area contributed by atoms with Crippen LogP contribution in [0.3, 0.4) is 0 Å². The Labute approximate surface area is 128 Å². The van der Waals surface area contributed by atoms with E-state index >= 15 is 0 Å². The normalized spacial score (nSPS) is 10.3. The average Bonchev–Trinajstić information content (AvgIpc) is 2.83. The molecule has 2 rings (SSSR count). The summed E-state index contributed by atoms with van der Waals surface area (Å²) >= 11 is 1.49. The molecule has 0 N–H and O–H groups in total. The number of carbonyl (C=O) groups is 1. The van der Waals surface area contributed by atoms with Crippen LogP contribution in [-0.4, -0.2) is 27.1 Å². The van der Waals surface area contributed by atoms with Crippen LogP contribution in [0.5, 0.6) is 17.2 Å². The Morgan fingerprint density at radius 3 is 1.90 bits per heavy atom. The molecule has 0 spiro atoms. The van der Waals surface area contributed by atoms with E-state index < -0.39 is 0 Å². The number of aryl methyl sites for hydroxylation is 2. The Balaban J connectivity index is 2.53. The number of hydrogen-bond acceptors (Lipinski definition) is 5. The van der Waals surface area contributed by atoms with Crippen molar-refractivity contribution in [1.29, 1.82) is 0 Å². The first-order chi connectivity index (χ1) is 10.0. The van der Waals surface area contributed by atoms with Crippen molar-refractivity contribution in [1.82, 2.24) is 0 Å². The lowest BCUT2D eigenvalue weighted by Crippen LogP contribution is -2.03. The molecule has 4 nitrogen and oxygen atoms in total. The molecular weight excluding hydrogens is 288 g/mol. The van der Waals surface area contributed by atoms with Crippen molar-refractivity contribution in [3.63, 3.8) is 0 Å². The molecule has 0 amide bonds. The number of thiophene rings is 1. The Bertz CT molecular complexity index is 648. The lowest BCUT2D eigenvalue weighted by atomic mass is 10.1. The first-order valence-electron chi connectivity index (χ1n) is 6.43. The molecule has 0 aliphatic carbocycles. The smallest absolute Gasteiger partial charge is 0.203 e. The second-order valence-corrected chi connectivity index (χ2v) is 5.87. The zero-order valence-corrected chi connectivity index (χ0v) is 13.6. The highest BCUT2D eigenvalue weighted by Crippen LogP contribution is 2.39. The molecule has 0 saturated heterocycles. The van der Waals surface area contributed by atoms with E-state index in [2.05, 4.69) is 0 Å². The summed E-state index contributed by atoms with van der Waals surface area (Å²) in [5.41, 5.74) is 1.51. The Hall–Kier alpha value is -2.01. The molecule has 1 aromatic heterocycles. The van der Waals surface area contributed by atoms with Gasteiger partial charge in [-0.25, -0.2) is 0 Å². The quantitative estimate of drug-likeness (QED) is 0.791. The molecular formula is C16H18O4S. The average molecular weight is 306 g/mol. The van der Waals surface area contributed by atoms with Crippen LogP contribution >= 0.6 is 11.3 Å². The van der Waals surface area contributed by atoms with Gasteiger partial charge in [0.1, 0.15) is 0 Å². The van der Waals surface area contributed by atoms with Gasteiger partial charge >= 0.3 is 0 Å². The molecule has 1 aromatic carbocycles. The van der Waals surface area contributed by atoms with Crippen LogP contribution < -0.4 is 14.2 Å². The molecule has 0 aliphatic rings. The summed E-state index contributed by atoms with van der Waals surface area (Å²) < 4.78 is 15.8. The number of ketones is 1. The molecule has 1 heterocycles. The zero-order valence-electron chi connectivity index (χ0n) is 12.8. The Morgan fingerprint density at radius 1 is 0.952 bits per heavy atom. The molecule has 5 heteroatoms. The van der Waals surface area contributed by atoms with E-state index in [0.29, 0.717) is 22.8 Å². The predicted octanol–water partition coefficient (Wildman–Crippen LogP) is 3.62. The van der Waals surface area contributed by atoms with E-state index in [4.69, 9.17) is 14.2 Å². The minimum atomic E-state index is -0.0372. The summed E-state index contributed by atoms with van der Waals surface area (Å²) in [4.78, 5) is 14.5. The van der Waals surface area contributed by atoms with Gasteiger partial charge in [-0.15, -0.1) is 11.3 Å². The molecule has 0 unspecified atom stereocenters. The fourth-order valence-electron chi connectivity index (χ4n) is 2.21. The van der Waals surface area contributed by atoms with Gasteiger partial charge in [-0.3, -0.25) is 4.79 Å². The molecule has 0 fully saturated rings. The van der Waals surface area contributed by atoms with Crippen molar-refractivity contribution in [2.75, 3.05) is 21.3 Å². The van der Waals surface area contributed by atoms with Crippen LogP contribution in [0, 0.1) is 13.8 Å². The number of benzene rings is 1. The molecule has 21 heavy (non-hydrogen) atoms. The van der Waals surface area contributed by atoms with Gasteiger partial charge in [0.15, 0.2) is 11.5 Å². The SMILES string of the molecule is COc1cc(C(=O)c2sc(C)cc2C)cc(OC)c1OC. The van der Waals surface area contributed by atoms with Gasteiger partial charge in [-0.1, -0.05) is 0 Å². The van der Waals surface area contributed by atoms with E-state index in [0.717, 1.165) is 15.3 Å². The fourth-order valence-corrected chi connectivity index (χ4v) is 3.20. The summed E-state index contributed by atoms with van der Waals surface area (Å²) in [5.74, 6) is 1.40. The third kappa shape index (κ3) is 2.88. The predicted molar refractivity (Wildman–Crippen MR) is 83.3 cm³/mol. The van der Waals surface area contributed by atoms with E-state index in [1.807, 2.05) is 19.9 Å². The minimum absolute atomic E-state index is 0.0372. The maximum Gasteiger partial charge on any atom is 0.203 e. The third-order valence-electron chi connectivity index (χ3n) is 3.17. The summed E-state index contributed by atoms with van der Waals surface area (Å²) in [6.45, 7) is 3.93. The summed E-state index contributed by atoms with van der Waals surface area (Å²) in [6, 6.07) is 5.37. The van der Waals surface area contributed by atoms with E-state index in [1.165, 1.54) is 32.7 Å². The van der Waals surface area contributed by atoms with Crippen LogP contribution in [0.25, 0.3) is 0 Å². The minimum Gasteiger partial charge on any atom is -0.493 e. The van der Waals surface area contributed by atoms with Crippen LogP contribution in [0.1, 0.15) is 25.7 Å². The van der Waals surface area contributed by atoms with Crippen LogP contribution in [-0.2, 0) is 0 Å². The van der Waals surface area contributed by atoms with Gasteiger partial charge in [-0.2, -0.15) is 0 Å². The van der Waals surface area contributed by atoms with Crippen molar-refractivity contribution >= 4 is 17.1 Å². The maximum absolute atomic E-state index is 12.7. The van der Waals surface area contributed by atoms with E-state index in [1.54, 1.807) is 12.1 Å². The van der Waals surface area contributed by atoms with E-state index in [-0.39, 0.29) is 5.78 Å². The van der Waals surface area contributed by atoms with E-state index in [9.17, 15) is 4.79 Å². The number of carbonyl (C=O) groups excluding carboxylic acids is 1. The number of hydrogen-bond donors (Lipinski definition) is 0. The summed E-state index contributed by atoms with van der Waals surface area (Å²) in [7, 11) is 4.60. The first-order valence-corrected chi connectivity index (χ1v) is 7.25. The van der Waals surface area contributed by atoms with Gasteiger partial charge in [0.2, 0.25) is 11.5 Å². The van der Waals surface area contributed by atoms with Crippen molar-refractivity contribution in [2.24, 2.45) is 0 Å². The number of rotatable bonds is 5. The fraction of sp³-hybridized carbons (Fsp3) is 0.312. The maximum atomic E-state index is 12.7. The lowest BCUT2D eigenvalue weighted by Gasteiger charge is -2.13. The highest BCUT2D eigenvalue weighted by molar-refractivity contribution is 7.14. The highest BCUT2D eigenvalue weighted by atomic mass is 32.1. The van der Waals surface area contributed by atoms with Gasteiger partial charge in [0.05, 0.1) is 26.2 Å². The standard InChI is InChI=1S/C16H18O4S/c1-9-6-10(2)21-16(9)14(17)11-7-12(18-3)15(20-5)13(8-11)19-4/h6-8H,1-5H3. The van der Waals surface area contributed by atoms with Crippen molar-refractivity contribution in [3.05, 3.63) is 39.1 Å². The van der Waals surface area contributed by atoms with Crippen LogP contribution in [0.2, 0.25) is 0 Å². The molecule has 2 aromatic rings. The molecule has 0 aliphatic heterocycles. The molecule has 0 atom stereocenters. The lowest BCUT2D eigenvalue weighted by molar-refractivity contribution is 0.104. The molecule has 0 saturated carbocycles. The van der Waals surface area contributed by atoms with Crippen LogP contribution in [0.15, 0.2) is 18.2 Å². The number of methoxy groups -OCH3 is 3. The van der Waals surface area contributed by atoms with Gasteiger partial charge < -0.3 is 14.2 Å². The van der Waals surface area contributed by atoms with Gasteiger partial charge in [0.25, 0.3) is 0 Å². The van der Waals surface area contributed by atoms with Crippen molar-refractivity contribution in [2.45, 2.75) is 13.8 Å². The number of ether oxygens (including phenoxy) is 3.